The molecule has 0 spiro atoms. The second-order valence-corrected chi connectivity index (χ2v) is 4.79. The van der Waals surface area contributed by atoms with Crippen molar-refractivity contribution < 1.29 is 4.79 Å². The number of nitrogens with one attached hydrogen (secondary N) is 2. The van der Waals surface area contributed by atoms with Gasteiger partial charge in [-0.2, -0.15) is 0 Å². The fourth-order valence-electron chi connectivity index (χ4n) is 1.18. The second kappa shape index (κ2) is 5.79. The fraction of sp³-hybridized carbons (Fsp3) is 0.700. The van der Waals surface area contributed by atoms with Crippen LogP contribution in [0.2, 0.25) is 0 Å². The molecule has 2 atom stereocenters. The molecular formula is C10H18N4OS. The van der Waals surface area contributed by atoms with Gasteiger partial charge in [-0.3, -0.25) is 4.79 Å². The van der Waals surface area contributed by atoms with Gasteiger partial charge >= 0.3 is 0 Å². The predicted octanol–water partition coefficient (Wildman–Crippen LogP) is 1.74. The number of carbonyl (C=O) groups is 1. The first-order valence-corrected chi connectivity index (χ1v) is 6.22. The summed E-state index contributed by atoms with van der Waals surface area (Å²) in [5, 5.41) is 14.5. The Morgan fingerprint density at radius 2 is 2.12 bits per heavy atom. The Kier molecular flexibility index (Phi) is 4.67. The number of nitrogens with zero attached hydrogens (tertiary/aromatic N) is 2. The minimum atomic E-state index is -0.146. The SMILES string of the molecule is CCC(C)C(C)NC(=O)c1nnc(NC)s1. The van der Waals surface area contributed by atoms with Crippen molar-refractivity contribution in [1.82, 2.24) is 15.5 Å². The Morgan fingerprint density at radius 1 is 1.44 bits per heavy atom. The van der Waals surface area contributed by atoms with E-state index >= 15 is 0 Å². The summed E-state index contributed by atoms with van der Waals surface area (Å²) >= 11 is 1.26. The van der Waals surface area contributed by atoms with Gasteiger partial charge in [0, 0.05) is 13.1 Å². The second-order valence-electron chi connectivity index (χ2n) is 3.81. The van der Waals surface area contributed by atoms with Crippen LogP contribution in [0.3, 0.4) is 0 Å². The van der Waals surface area contributed by atoms with E-state index < -0.39 is 0 Å². The predicted molar refractivity (Wildman–Crippen MR) is 65.8 cm³/mol. The van der Waals surface area contributed by atoms with E-state index in [9.17, 15) is 4.79 Å². The lowest BCUT2D eigenvalue weighted by atomic mass is 10.0. The standard InChI is InChI=1S/C10H18N4OS/c1-5-6(2)7(3)12-8(15)9-13-14-10(11-4)16-9/h6-7H,5H2,1-4H3,(H,11,14)(H,12,15). The molecule has 6 heteroatoms. The van der Waals surface area contributed by atoms with Crippen LogP contribution in [0.25, 0.3) is 0 Å². The maximum atomic E-state index is 11.8. The maximum Gasteiger partial charge on any atom is 0.282 e. The summed E-state index contributed by atoms with van der Waals surface area (Å²) in [6, 6.07) is 0.152. The molecule has 16 heavy (non-hydrogen) atoms. The van der Waals surface area contributed by atoms with Gasteiger partial charge in [-0.1, -0.05) is 31.6 Å². The van der Waals surface area contributed by atoms with E-state index in [1.54, 1.807) is 7.05 Å². The monoisotopic (exact) mass is 242 g/mol. The summed E-state index contributed by atoms with van der Waals surface area (Å²) < 4.78 is 0. The van der Waals surface area contributed by atoms with Crippen molar-refractivity contribution in [3.63, 3.8) is 0 Å². The molecule has 0 fully saturated rings. The molecule has 5 nitrogen and oxygen atoms in total. The van der Waals surface area contributed by atoms with Crippen molar-refractivity contribution in [2.24, 2.45) is 5.92 Å². The molecule has 0 radical (unpaired) electrons. The van der Waals surface area contributed by atoms with E-state index in [2.05, 4.69) is 34.7 Å². The Balaban J connectivity index is 2.58. The van der Waals surface area contributed by atoms with E-state index in [0.29, 0.717) is 16.1 Å². The quantitative estimate of drug-likeness (QED) is 0.825. The highest BCUT2D eigenvalue weighted by Crippen LogP contribution is 2.15. The molecule has 0 saturated carbocycles. The third-order valence-electron chi connectivity index (χ3n) is 2.69. The van der Waals surface area contributed by atoms with E-state index in [4.69, 9.17) is 0 Å². The minimum absolute atomic E-state index is 0.146. The van der Waals surface area contributed by atoms with E-state index in [-0.39, 0.29) is 11.9 Å². The third-order valence-corrected chi connectivity index (χ3v) is 3.63. The van der Waals surface area contributed by atoms with Crippen LogP contribution in [-0.4, -0.2) is 29.2 Å². The number of hydrogen-bond acceptors (Lipinski definition) is 5. The lowest BCUT2D eigenvalue weighted by molar-refractivity contribution is 0.0927. The van der Waals surface area contributed by atoms with Gasteiger partial charge in [0.05, 0.1) is 0 Å². The summed E-state index contributed by atoms with van der Waals surface area (Å²) in [5.41, 5.74) is 0. The largest absolute Gasteiger partial charge is 0.363 e. The maximum absolute atomic E-state index is 11.8. The molecule has 1 rings (SSSR count). The van der Waals surface area contributed by atoms with E-state index in [1.807, 2.05) is 6.92 Å². The molecule has 0 aliphatic heterocycles. The normalized spacial score (nSPS) is 14.2. The first-order chi connectivity index (χ1) is 7.58. The third kappa shape index (κ3) is 3.16. The van der Waals surface area contributed by atoms with Crippen molar-refractivity contribution in [2.45, 2.75) is 33.2 Å². The smallest absolute Gasteiger partial charge is 0.282 e. The molecule has 2 unspecified atom stereocenters. The van der Waals surface area contributed by atoms with Crippen molar-refractivity contribution in [2.75, 3.05) is 12.4 Å². The van der Waals surface area contributed by atoms with Crippen LogP contribution in [0.5, 0.6) is 0 Å². The Bertz CT molecular complexity index is 352. The Morgan fingerprint density at radius 3 is 2.62 bits per heavy atom. The first kappa shape index (κ1) is 12.9. The van der Waals surface area contributed by atoms with Gasteiger partial charge in [-0.05, 0) is 12.8 Å². The van der Waals surface area contributed by atoms with Crippen molar-refractivity contribution in [1.29, 1.82) is 0 Å². The average Bonchev–Trinajstić information content (AvgIpc) is 2.76. The first-order valence-electron chi connectivity index (χ1n) is 5.40. The number of anilines is 1. The highest BCUT2D eigenvalue weighted by molar-refractivity contribution is 7.17. The highest BCUT2D eigenvalue weighted by atomic mass is 32.1. The van der Waals surface area contributed by atoms with Crippen LogP contribution in [-0.2, 0) is 0 Å². The van der Waals surface area contributed by atoms with Crippen LogP contribution in [0, 0.1) is 5.92 Å². The number of carbonyl (C=O) groups excluding carboxylic acids is 1. The molecular weight excluding hydrogens is 224 g/mol. The molecule has 1 amide bonds. The molecule has 1 heterocycles. The number of aromatic nitrogens is 2. The van der Waals surface area contributed by atoms with Crippen molar-refractivity contribution in [3.05, 3.63) is 5.01 Å². The molecule has 0 saturated heterocycles. The molecule has 90 valence electrons. The Hall–Kier alpha value is -1.17. The topological polar surface area (TPSA) is 66.9 Å². The lowest BCUT2D eigenvalue weighted by Gasteiger charge is -2.18. The molecule has 0 aliphatic carbocycles. The zero-order chi connectivity index (χ0) is 12.1. The van der Waals surface area contributed by atoms with Crippen molar-refractivity contribution >= 4 is 22.4 Å². The molecule has 0 aliphatic rings. The van der Waals surface area contributed by atoms with Crippen LogP contribution >= 0.6 is 11.3 Å². The van der Waals surface area contributed by atoms with Gasteiger partial charge in [0.25, 0.3) is 5.91 Å². The van der Waals surface area contributed by atoms with Crippen LogP contribution in [0.15, 0.2) is 0 Å². The van der Waals surface area contributed by atoms with Gasteiger partial charge in [-0.25, -0.2) is 0 Å². The lowest BCUT2D eigenvalue weighted by Crippen LogP contribution is -2.36. The van der Waals surface area contributed by atoms with Crippen LogP contribution < -0.4 is 10.6 Å². The van der Waals surface area contributed by atoms with Gasteiger partial charge in [-0.15, -0.1) is 10.2 Å². The summed E-state index contributed by atoms with van der Waals surface area (Å²) in [4.78, 5) is 11.8. The Labute approximate surface area is 99.7 Å². The zero-order valence-corrected chi connectivity index (χ0v) is 10.9. The molecule has 0 aromatic carbocycles. The van der Waals surface area contributed by atoms with Crippen LogP contribution in [0.1, 0.15) is 37.0 Å². The van der Waals surface area contributed by atoms with Gasteiger partial charge in [0.1, 0.15) is 0 Å². The van der Waals surface area contributed by atoms with Crippen LogP contribution in [0.4, 0.5) is 5.13 Å². The van der Waals surface area contributed by atoms with Gasteiger partial charge < -0.3 is 10.6 Å². The minimum Gasteiger partial charge on any atom is -0.363 e. The van der Waals surface area contributed by atoms with E-state index in [0.717, 1.165) is 6.42 Å². The van der Waals surface area contributed by atoms with Gasteiger partial charge in [0.2, 0.25) is 10.1 Å². The molecule has 1 aromatic heterocycles. The summed E-state index contributed by atoms with van der Waals surface area (Å²) in [6.07, 6.45) is 1.04. The highest BCUT2D eigenvalue weighted by Gasteiger charge is 2.17. The molecule has 0 bridgehead atoms. The average molecular weight is 242 g/mol. The summed E-state index contributed by atoms with van der Waals surface area (Å²) in [7, 11) is 1.75. The molecule has 2 N–H and O–H groups in total. The number of rotatable bonds is 5. The summed E-state index contributed by atoms with van der Waals surface area (Å²) in [6.45, 7) is 6.23. The fourth-order valence-corrected chi connectivity index (χ4v) is 1.78. The number of amides is 1. The zero-order valence-electron chi connectivity index (χ0n) is 10.1. The number of hydrogen-bond donors (Lipinski definition) is 2. The van der Waals surface area contributed by atoms with Gasteiger partial charge in [0.15, 0.2) is 0 Å². The molecule has 1 aromatic rings. The van der Waals surface area contributed by atoms with E-state index in [1.165, 1.54) is 11.3 Å². The summed E-state index contributed by atoms with van der Waals surface area (Å²) in [5.74, 6) is 0.312. The van der Waals surface area contributed by atoms with Crippen molar-refractivity contribution in [3.8, 4) is 0 Å².